The molecule has 0 fully saturated rings. The van der Waals surface area contributed by atoms with Gasteiger partial charge in [0.25, 0.3) is 0 Å². The van der Waals surface area contributed by atoms with Crippen molar-refractivity contribution >= 4 is 20.4 Å². The molecule has 0 nitrogen and oxygen atoms in total. The SMILES string of the molecule is Cc1ccc([C](c2ccc(C)cc2)=[Hf]([Cl])[Cl])cc1. The van der Waals surface area contributed by atoms with Gasteiger partial charge in [0.15, 0.2) is 0 Å². The summed E-state index contributed by atoms with van der Waals surface area (Å²) >= 11 is -2.64. The van der Waals surface area contributed by atoms with Crippen LogP contribution < -0.4 is 0 Å². The number of aryl methyl sites for hydroxylation is 2. The van der Waals surface area contributed by atoms with Crippen LogP contribution in [0.2, 0.25) is 0 Å². The molecule has 0 aliphatic rings. The number of halogens is 2. The molecule has 2 rings (SSSR count). The van der Waals surface area contributed by atoms with E-state index >= 15 is 0 Å². The van der Waals surface area contributed by atoms with Gasteiger partial charge in [-0.15, -0.1) is 0 Å². The molecule has 3 heteroatoms. The molecule has 2 aromatic carbocycles. The van der Waals surface area contributed by atoms with E-state index in [1.54, 1.807) is 0 Å². The van der Waals surface area contributed by atoms with Crippen LogP contribution in [-0.2, 0) is 18.6 Å². The molecule has 0 saturated heterocycles. The van der Waals surface area contributed by atoms with Crippen molar-refractivity contribution in [2.45, 2.75) is 13.8 Å². The number of hydrogen-bond acceptors (Lipinski definition) is 0. The van der Waals surface area contributed by atoms with Gasteiger partial charge < -0.3 is 0 Å². The van der Waals surface area contributed by atoms with Crippen LogP contribution in [-0.4, -0.2) is 3.26 Å². The first kappa shape index (κ1) is 14.2. The third kappa shape index (κ3) is 3.40. The zero-order valence-electron chi connectivity index (χ0n) is 10.4. The first-order chi connectivity index (χ1) is 8.58. The standard InChI is InChI=1S/C15H14.2ClH.Hf/c1-12-3-7-14(8-4-12)11-15-9-5-13(2)6-10-15;;;/h3-10H,1-2H3;2*1H;/q;;;+2/p-2. The van der Waals surface area contributed by atoms with E-state index in [4.69, 9.17) is 17.2 Å². The van der Waals surface area contributed by atoms with E-state index in [2.05, 4.69) is 62.4 Å². The summed E-state index contributed by atoms with van der Waals surface area (Å²) in [5, 5.41) is 0. The minimum absolute atomic E-state index is 1.16. The predicted octanol–water partition coefficient (Wildman–Crippen LogP) is 4.80. The summed E-state index contributed by atoms with van der Waals surface area (Å²) in [6.07, 6.45) is 0. The number of rotatable bonds is 2. The van der Waals surface area contributed by atoms with E-state index in [0.29, 0.717) is 0 Å². The summed E-state index contributed by atoms with van der Waals surface area (Å²) in [7, 11) is 12.7. The van der Waals surface area contributed by atoms with Gasteiger partial charge in [0.05, 0.1) is 0 Å². The van der Waals surface area contributed by atoms with Crippen molar-refractivity contribution < 1.29 is 18.6 Å². The topological polar surface area (TPSA) is 0 Å². The van der Waals surface area contributed by atoms with Gasteiger partial charge in [-0.1, -0.05) is 0 Å². The van der Waals surface area contributed by atoms with E-state index in [0.717, 1.165) is 11.1 Å². The van der Waals surface area contributed by atoms with Crippen molar-refractivity contribution in [1.82, 2.24) is 0 Å². The third-order valence-corrected chi connectivity index (χ3v) is 9.40. The van der Waals surface area contributed by atoms with E-state index < -0.39 is 18.6 Å². The van der Waals surface area contributed by atoms with Gasteiger partial charge in [-0.3, -0.25) is 0 Å². The normalized spacial score (nSPS) is 10.2. The first-order valence-electron chi connectivity index (χ1n) is 5.77. The summed E-state index contributed by atoms with van der Waals surface area (Å²) < 4.78 is 1.17. The third-order valence-electron chi connectivity index (χ3n) is 2.87. The Balaban J connectivity index is 2.51. The molecular weight excluding hydrogens is 430 g/mol. The average molecular weight is 444 g/mol. The maximum atomic E-state index is 6.33. The molecule has 0 unspecified atom stereocenters. The maximum absolute atomic E-state index is 6.33. The fourth-order valence-corrected chi connectivity index (χ4v) is 8.16. The summed E-state index contributed by atoms with van der Waals surface area (Å²) in [4.78, 5) is 0. The van der Waals surface area contributed by atoms with Gasteiger partial charge >= 0.3 is 124 Å². The van der Waals surface area contributed by atoms with Crippen LogP contribution >= 0.6 is 17.2 Å². The summed E-state index contributed by atoms with van der Waals surface area (Å²) in [5.74, 6) is 0. The van der Waals surface area contributed by atoms with Crippen molar-refractivity contribution in [3.8, 4) is 0 Å². The Hall–Kier alpha value is -0.240. The zero-order chi connectivity index (χ0) is 13.1. The van der Waals surface area contributed by atoms with Crippen molar-refractivity contribution in [1.29, 1.82) is 0 Å². The molecule has 0 aromatic heterocycles. The molecule has 2 aromatic rings. The van der Waals surface area contributed by atoms with Gasteiger partial charge in [-0.05, 0) is 0 Å². The quantitative estimate of drug-likeness (QED) is 0.585. The second kappa shape index (κ2) is 6.27. The molecule has 0 heterocycles. The molecule has 0 aliphatic carbocycles. The van der Waals surface area contributed by atoms with Crippen molar-refractivity contribution in [3.63, 3.8) is 0 Å². The molecule has 0 N–H and O–H groups in total. The van der Waals surface area contributed by atoms with E-state index in [-0.39, 0.29) is 0 Å². The first-order valence-corrected chi connectivity index (χ1v) is 16.5. The van der Waals surface area contributed by atoms with Gasteiger partial charge in [0, 0.05) is 0 Å². The molecule has 0 radical (unpaired) electrons. The van der Waals surface area contributed by atoms with Gasteiger partial charge in [0.1, 0.15) is 0 Å². The molecule has 0 atom stereocenters. The molecular formula is C15H14Cl2Hf. The van der Waals surface area contributed by atoms with Crippen LogP contribution in [0.3, 0.4) is 0 Å². The summed E-state index contributed by atoms with van der Waals surface area (Å²) in [6.45, 7) is 4.16. The van der Waals surface area contributed by atoms with Gasteiger partial charge in [-0.2, -0.15) is 0 Å². The zero-order valence-corrected chi connectivity index (χ0v) is 15.5. The van der Waals surface area contributed by atoms with Crippen LogP contribution in [0.5, 0.6) is 0 Å². The number of hydrogen-bond donors (Lipinski definition) is 0. The van der Waals surface area contributed by atoms with Crippen LogP contribution in [0, 0.1) is 13.8 Å². The fraction of sp³-hybridized carbons (Fsp3) is 0.133. The monoisotopic (exact) mass is 444 g/mol. The Labute approximate surface area is 123 Å². The van der Waals surface area contributed by atoms with Crippen LogP contribution in [0.4, 0.5) is 0 Å². The van der Waals surface area contributed by atoms with Gasteiger partial charge in [0.2, 0.25) is 0 Å². The van der Waals surface area contributed by atoms with E-state index in [1.165, 1.54) is 14.4 Å². The fourth-order valence-electron chi connectivity index (χ4n) is 1.83. The van der Waals surface area contributed by atoms with Crippen LogP contribution in [0.15, 0.2) is 48.5 Å². The summed E-state index contributed by atoms with van der Waals surface area (Å²) in [5.41, 5.74) is 4.82. The van der Waals surface area contributed by atoms with Crippen LogP contribution in [0.25, 0.3) is 0 Å². The van der Waals surface area contributed by atoms with Crippen molar-refractivity contribution in [2.24, 2.45) is 0 Å². The van der Waals surface area contributed by atoms with Crippen LogP contribution in [0.1, 0.15) is 22.3 Å². The predicted molar refractivity (Wildman–Crippen MR) is 77.3 cm³/mol. The van der Waals surface area contributed by atoms with E-state index in [9.17, 15) is 0 Å². The molecule has 92 valence electrons. The Morgan fingerprint density at radius 1 is 0.722 bits per heavy atom. The average Bonchev–Trinajstić information content (AvgIpc) is 2.34. The Kier molecular flexibility index (Phi) is 4.94. The summed E-state index contributed by atoms with van der Waals surface area (Å²) in [6, 6.07) is 16.9. The molecule has 0 spiro atoms. The second-order valence-electron chi connectivity index (χ2n) is 4.37. The minimum atomic E-state index is -2.64. The number of benzene rings is 2. The molecule has 0 amide bonds. The Bertz CT molecular complexity index is 517. The van der Waals surface area contributed by atoms with Crippen molar-refractivity contribution in [2.75, 3.05) is 0 Å². The Morgan fingerprint density at radius 2 is 1.06 bits per heavy atom. The molecule has 0 aliphatic heterocycles. The Morgan fingerprint density at radius 3 is 1.33 bits per heavy atom. The van der Waals surface area contributed by atoms with Gasteiger partial charge in [-0.25, -0.2) is 0 Å². The van der Waals surface area contributed by atoms with Crippen molar-refractivity contribution in [3.05, 3.63) is 70.8 Å². The van der Waals surface area contributed by atoms with E-state index in [1.807, 2.05) is 0 Å². The second-order valence-corrected chi connectivity index (χ2v) is 15.8. The molecule has 0 saturated carbocycles. The molecule has 18 heavy (non-hydrogen) atoms. The molecule has 0 bridgehead atoms.